The van der Waals surface area contributed by atoms with Crippen LogP contribution in [0, 0.1) is 5.92 Å². The summed E-state index contributed by atoms with van der Waals surface area (Å²) in [4.78, 5) is 0.461. The molecule has 2 heterocycles. The van der Waals surface area contributed by atoms with Crippen molar-refractivity contribution in [3.63, 3.8) is 0 Å². The predicted molar refractivity (Wildman–Crippen MR) is 82.9 cm³/mol. The molecule has 0 aromatic heterocycles. The molecule has 1 saturated carbocycles. The summed E-state index contributed by atoms with van der Waals surface area (Å²) in [6.45, 7) is 1.60. The molecular formula is C16H22N2O2S. The Labute approximate surface area is 126 Å². The van der Waals surface area contributed by atoms with Crippen molar-refractivity contribution in [2.24, 2.45) is 5.92 Å². The summed E-state index contributed by atoms with van der Waals surface area (Å²) in [5.41, 5.74) is 2.22. The van der Waals surface area contributed by atoms with E-state index in [0.29, 0.717) is 17.4 Å². The van der Waals surface area contributed by atoms with Crippen LogP contribution in [0.4, 0.5) is 5.69 Å². The van der Waals surface area contributed by atoms with Crippen molar-refractivity contribution in [2.75, 3.05) is 18.4 Å². The van der Waals surface area contributed by atoms with Crippen LogP contribution < -0.4 is 5.32 Å². The van der Waals surface area contributed by atoms with E-state index in [9.17, 15) is 8.42 Å². The Morgan fingerprint density at radius 3 is 2.90 bits per heavy atom. The molecule has 1 saturated heterocycles. The number of anilines is 1. The fourth-order valence-corrected chi connectivity index (χ4v) is 6.05. The molecule has 2 atom stereocenters. The first-order valence-electron chi connectivity index (χ1n) is 8.05. The smallest absolute Gasteiger partial charge is 0.243 e. The summed E-state index contributed by atoms with van der Waals surface area (Å²) in [6.07, 6.45) is 6.60. The molecule has 2 fully saturated rings. The van der Waals surface area contributed by atoms with Gasteiger partial charge >= 0.3 is 0 Å². The van der Waals surface area contributed by atoms with Crippen LogP contribution in [0.15, 0.2) is 23.1 Å². The Morgan fingerprint density at radius 2 is 2.00 bits per heavy atom. The van der Waals surface area contributed by atoms with E-state index in [2.05, 4.69) is 5.32 Å². The van der Waals surface area contributed by atoms with Gasteiger partial charge in [-0.3, -0.25) is 0 Å². The number of benzene rings is 1. The number of hydrogen-bond acceptors (Lipinski definition) is 3. The van der Waals surface area contributed by atoms with Gasteiger partial charge in [-0.1, -0.05) is 12.5 Å². The van der Waals surface area contributed by atoms with E-state index in [4.69, 9.17) is 0 Å². The van der Waals surface area contributed by atoms with Crippen molar-refractivity contribution in [3.8, 4) is 0 Å². The molecule has 1 aliphatic carbocycles. The Morgan fingerprint density at radius 1 is 1.14 bits per heavy atom. The van der Waals surface area contributed by atoms with Crippen molar-refractivity contribution in [3.05, 3.63) is 23.8 Å². The zero-order valence-corrected chi connectivity index (χ0v) is 13.0. The summed E-state index contributed by atoms with van der Waals surface area (Å²) in [5.74, 6) is 0.584. The van der Waals surface area contributed by atoms with Crippen LogP contribution in [0.1, 0.15) is 37.7 Å². The third kappa shape index (κ3) is 2.18. The molecule has 4 rings (SSSR count). The normalized spacial score (nSPS) is 29.0. The van der Waals surface area contributed by atoms with Crippen molar-refractivity contribution in [1.82, 2.24) is 4.31 Å². The number of nitrogens with one attached hydrogen (secondary N) is 1. The highest BCUT2D eigenvalue weighted by atomic mass is 32.2. The second kappa shape index (κ2) is 4.99. The summed E-state index contributed by atoms with van der Waals surface area (Å²) < 4.78 is 27.9. The van der Waals surface area contributed by atoms with Crippen LogP contribution in [0.5, 0.6) is 0 Å². The molecule has 0 bridgehead atoms. The monoisotopic (exact) mass is 306 g/mol. The molecule has 4 nitrogen and oxygen atoms in total. The van der Waals surface area contributed by atoms with Crippen LogP contribution in [0.25, 0.3) is 0 Å². The van der Waals surface area contributed by atoms with E-state index in [1.807, 2.05) is 12.1 Å². The van der Waals surface area contributed by atoms with Gasteiger partial charge in [0, 0.05) is 24.8 Å². The van der Waals surface area contributed by atoms with Crippen LogP contribution >= 0.6 is 0 Å². The number of hydrogen-bond donors (Lipinski definition) is 1. The lowest BCUT2D eigenvalue weighted by Crippen LogP contribution is -2.46. The van der Waals surface area contributed by atoms with Crippen molar-refractivity contribution >= 4 is 15.7 Å². The van der Waals surface area contributed by atoms with E-state index >= 15 is 0 Å². The van der Waals surface area contributed by atoms with Crippen molar-refractivity contribution in [1.29, 1.82) is 0 Å². The van der Waals surface area contributed by atoms with Crippen molar-refractivity contribution < 1.29 is 8.42 Å². The minimum absolute atomic E-state index is 0.241. The summed E-state index contributed by atoms with van der Waals surface area (Å²) in [7, 11) is -3.34. The number of fused-ring (bicyclic) bond motifs is 2. The molecule has 2 aliphatic heterocycles. The molecule has 1 aromatic rings. The number of nitrogens with zero attached hydrogens (tertiary/aromatic N) is 1. The summed E-state index contributed by atoms with van der Waals surface area (Å²) in [6, 6.07) is 5.83. The highest BCUT2D eigenvalue weighted by molar-refractivity contribution is 7.89. The number of piperidine rings is 1. The highest BCUT2D eigenvalue weighted by Gasteiger charge is 2.41. The molecule has 3 aliphatic rings. The molecule has 0 radical (unpaired) electrons. The highest BCUT2D eigenvalue weighted by Crippen LogP contribution is 2.39. The quantitative estimate of drug-likeness (QED) is 0.914. The van der Waals surface area contributed by atoms with E-state index in [1.54, 1.807) is 10.4 Å². The molecular weight excluding hydrogens is 284 g/mol. The lowest BCUT2D eigenvalue weighted by molar-refractivity contribution is 0.202. The fraction of sp³-hybridized carbons (Fsp3) is 0.625. The first-order chi connectivity index (χ1) is 10.2. The van der Waals surface area contributed by atoms with Crippen LogP contribution in [0.3, 0.4) is 0 Å². The van der Waals surface area contributed by atoms with Gasteiger partial charge in [-0.15, -0.1) is 0 Å². The standard InChI is InChI=1S/C16H22N2O2S/c19-21(20,14-7-6-12-8-9-17-15(12)11-14)18-10-2-4-13-3-1-5-16(13)18/h6-7,11,13,16-17H,1-5,8-10H2. The maximum atomic E-state index is 13.0. The molecule has 2 unspecified atom stereocenters. The van der Waals surface area contributed by atoms with Crippen LogP contribution in [-0.4, -0.2) is 31.9 Å². The first-order valence-corrected chi connectivity index (χ1v) is 9.49. The van der Waals surface area contributed by atoms with Gasteiger partial charge in [0.05, 0.1) is 4.90 Å². The van der Waals surface area contributed by atoms with E-state index in [-0.39, 0.29) is 6.04 Å². The SMILES string of the molecule is O=S(=O)(c1ccc2c(c1)NCC2)N1CCCC2CCCC21. The van der Waals surface area contributed by atoms with Crippen LogP contribution in [-0.2, 0) is 16.4 Å². The first kappa shape index (κ1) is 13.6. The van der Waals surface area contributed by atoms with Crippen molar-refractivity contribution in [2.45, 2.75) is 49.5 Å². The fourth-order valence-electron chi connectivity index (χ4n) is 4.27. The topological polar surface area (TPSA) is 49.4 Å². The molecule has 0 spiro atoms. The molecule has 114 valence electrons. The van der Waals surface area contributed by atoms with Gasteiger partial charge in [0.25, 0.3) is 0 Å². The van der Waals surface area contributed by atoms with Gasteiger partial charge < -0.3 is 5.32 Å². The lowest BCUT2D eigenvalue weighted by Gasteiger charge is -2.36. The minimum Gasteiger partial charge on any atom is -0.384 e. The second-order valence-electron chi connectivity index (χ2n) is 6.51. The van der Waals surface area contributed by atoms with Gasteiger partial charge in [-0.2, -0.15) is 4.31 Å². The third-order valence-corrected chi connectivity index (χ3v) is 7.26. The van der Waals surface area contributed by atoms with Crippen LogP contribution in [0.2, 0.25) is 0 Å². The number of rotatable bonds is 2. The zero-order valence-electron chi connectivity index (χ0n) is 12.2. The van der Waals surface area contributed by atoms with Gasteiger partial charge in [-0.25, -0.2) is 8.42 Å². The predicted octanol–water partition coefficient (Wildman–Crippen LogP) is 2.61. The minimum atomic E-state index is -3.34. The summed E-state index contributed by atoms with van der Waals surface area (Å²) in [5, 5.41) is 3.28. The lowest BCUT2D eigenvalue weighted by atomic mass is 9.94. The van der Waals surface area contributed by atoms with Gasteiger partial charge in [0.1, 0.15) is 0 Å². The van der Waals surface area contributed by atoms with Gasteiger partial charge in [0.15, 0.2) is 0 Å². The van der Waals surface area contributed by atoms with Gasteiger partial charge in [0.2, 0.25) is 10.0 Å². The summed E-state index contributed by atoms with van der Waals surface area (Å²) >= 11 is 0. The third-order valence-electron chi connectivity index (χ3n) is 5.34. The maximum absolute atomic E-state index is 13.0. The Balaban J connectivity index is 1.69. The van der Waals surface area contributed by atoms with E-state index in [0.717, 1.165) is 31.5 Å². The largest absolute Gasteiger partial charge is 0.384 e. The Kier molecular flexibility index (Phi) is 3.23. The molecule has 5 heteroatoms. The van der Waals surface area contributed by atoms with E-state index in [1.165, 1.54) is 24.8 Å². The molecule has 1 aromatic carbocycles. The molecule has 21 heavy (non-hydrogen) atoms. The second-order valence-corrected chi connectivity index (χ2v) is 8.40. The molecule has 1 N–H and O–H groups in total. The molecule has 0 amide bonds. The van der Waals surface area contributed by atoms with E-state index < -0.39 is 10.0 Å². The average Bonchev–Trinajstić information content (AvgIpc) is 3.14. The zero-order chi connectivity index (χ0) is 14.4. The Bertz CT molecular complexity index is 656. The average molecular weight is 306 g/mol. The van der Waals surface area contributed by atoms with Gasteiger partial charge in [-0.05, 0) is 55.7 Å². The number of sulfonamides is 1. The maximum Gasteiger partial charge on any atom is 0.243 e. The Hall–Kier alpha value is -1.07.